The number of halogens is 1. The van der Waals surface area contributed by atoms with Gasteiger partial charge >= 0.3 is 6.09 Å². The molecule has 0 unspecified atom stereocenters. The number of hydrogen-bond donors (Lipinski definition) is 0. The van der Waals surface area contributed by atoms with Crippen LogP contribution < -0.4 is 4.74 Å². The number of nitrogens with zero attached hydrogens (tertiary/aromatic N) is 1. The lowest BCUT2D eigenvalue weighted by molar-refractivity contribution is 0.181. The Morgan fingerprint density at radius 3 is 2.23 bits per heavy atom. The van der Waals surface area contributed by atoms with Crippen molar-refractivity contribution in [3.63, 3.8) is 0 Å². The van der Waals surface area contributed by atoms with E-state index >= 15 is 0 Å². The zero-order valence-electron chi connectivity index (χ0n) is 11.7. The second kappa shape index (κ2) is 6.50. The van der Waals surface area contributed by atoms with E-state index in [9.17, 15) is 4.79 Å². The Labute approximate surface area is 134 Å². The molecule has 2 aromatic rings. The minimum atomic E-state index is -0.457. The van der Waals surface area contributed by atoms with Gasteiger partial charge in [0.1, 0.15) is 5.75 Å². The van der Waals surface area contributed by atoms with Gasteiger partial charge in [0.2, 0.25) is 0 Å². The highest BCUT2D eigenvalue weighted by Gasteiger charge is 2.16. The summed E-state index contributed by atoms with van der Waals surface area (Å²) in [5.41, 5.74) is 1.18. The molecule has 0 radical (unpaired) electrons. The number of hydrogen-bond acceptors (Lipinski definition) is 2. The largest absolute Gasteiger partial charge is 0.423 e. The van der Waals surface area contributed by atoms with Crippen LogP contribution in [0.15, 0.2) is 79.1 Å². The molecule has 0 N–H and O–H groups in total. The van der Waals surface area contributed by atoms with E-state index in [2.05, 4.69) is 12.1 Å². The molecule has 0 aliphatic carbocycles. The molecule has 1 amide bonds. The third-order valence-electron chi connectivity index (χ3n) is 3.32. The Kier molecular flexibility index (Phi) is 4.26. The summed E-state index contributed by atoms with van der Waals surface area (Å²) in [6.07, 6.45) is 6.89. The highest BCUT2D eigenvalue weighted by Crippen LogP contribution is 2.23. The average Bonchev–Trinajstić information content (AvgIpc) is 2.58. The number of rotatable bonds is 2. The van der Waals surface area contributed by atoms with Crippen molar-refractivity contribution in [1.82, 2.24) is 4.90 Å². The summed E-state index contributed by atoms with van der Waals surface area (Å²) in [7, 11) is 0. The molecule has 22 heavy (non-hydrogen) atoms. The van der Waals surface area contributed by atoms with Crippen molar-refractivity contribution in [2.24, 2.45) is 0 Å². The van der Waals surface area contributed by atoms with Crippen LogP contribution in [0.1, 0.15) is 11.5 Å². The van der Waals surface area contributed by atoms with Crippen molar-refractivity contribution < 1.29 is 9.53 Å². The summed E-state index contributed by atoms with van der Waals surface area (Å²) >= 11 is 5.80. The molecule has 0 atom stereocenters. The van der Waals surface area contributed by atoms with Gasteiger partial charge in [-0.2, -0.15) is 0 Å². The van der Waals surface area contributed by atoms with Crippen molar-refractivity contribution in [1.29, 1.82) is 0 Å². The number of amides is 1. The Bertz CT molecular complexity index is 694. The molecule has 1 aliphatic rings. The van der Waals surface area contributed by atoms with E-state index < -0.39 is 6.09 Å². The summed E-state index contributed by atoms with van der Waals surface area (Å²) < 4.78 is 5.28. The number of carbonyl (C=O) groups is 1. The molecule has 0 aromatic heterocycles. The molecule has 1 aliphatic heterocycles. The fourth-order valence-electron chi connectivity index (χ4n) is 2.16. The molecule has 0 saturated carbocycles. The monoisotopic (exact) mass is 311 g/mol. The Hall–Kier alpha value is -2.52. The quantitative estimate of drug-likeness (QED) is 0.784. The molecule has 0 bridgehead atoms. The van der Waals surface area contributed by atoms with Crippen LogP contribution in [0.5, 0.6) is 5.75 Å². The third kappa shape index (κ3) is 3.38. The molecule has 3 nitrogen and oxygen atoms in total. The zero-order chi connectivity index (χ0) is 15.4. The van der Waals surface area contributed by atoms with Crippen LogP contribution in [0, 0.1) is 0 Å². The van der Waals surface area contributed by atoms with Gasteiger partial charge in [0, 0.05) is 23.3 Å². The van der Waals surface area contributed by atoms with Gasteiger partial charge in [-0.25, -0.2) is 4.79 Å². The van der Waals surface area contributed by atoms with Gasteiger partial charge in [-0.15, -0.1) is 0 Å². The van der Waals surface area contributed by atoms with E-state index in [-0.39, 0.29) is 5.92 Å². The van der Waals surface area contributed by atoms with Crippen molar-refractivity contribution in [3.05, 3.63) is 89.7 Å². The lowest BCUT2D eigenvalue weighted by Gasteiger charge is -2.19. The molecule has 3 rings (SSSR count). The predicted molar refractivity (Wildman–Crippen MR) is 86.8 cm³/mol. The van der Waals surface area contributed by atoms with Crippen molar-refractivity contribution in [3.8, 4) is 5.75 Å². The van der Waals surface area contributed by atoms with E-state index in [0.717, 1.165) is 0 Å². The molecular formula is C18H14ClNO2. The van der Waals surface area contributed by atoms with Crippen molar-refractivity contribution in [2.75, 3.05) is 0 Å². The predicted octanol–water partition coefficient (Wildman–Crippen LogP) is 4.97. The summed E-state index contributed by atoms with van der Waals surface area (Å²) in [4.78, 5) is 13.5. The van der Waals surface area contributed by atoms with Gasteiger partial charge < -0.3 is 4.74 Å². The molecule has 0 spiro atoms. The summed E-state index contributed by atoms with van der Waals surface area (Å²) in [6.45, 7) is 0. The molecule has 2 aromatic carbocycles. The van der Waals surface area contributed by atoms with Crippen LogP contribution >= 0.6 is 11.6 Å². The summed E-state index contributed by atoms with van der Waals surface area (Å²) in [5, 5.41) is 0.600. The Morgan fingerprint density at radius 2 is 1.59 bits per heavy atom. The lowest BCUT2D eigenvalue weighted by atomic mass is 9.98. The van der Waals surface area contributed by atoms with E-state index in [1.165, 1.54) is 10.5 Å². The van der Waals surface area contributed by atoms with E-state index in [1.807, 2.05) is 30.4 Å². The van der Waals surface area contributed by atoms with Gasteiger partial charge in [0.25, 0.3) is 0 Å². The maximum absolute atomic E-state index is 12.1. The van der Waals surface area contributed by atoms with Gasteiger partial charge in [-0.3, -0.25) is 4.90 Å². The first-order valence-corrected chi connectivity index (χ1v) is 7.27. The molecule has 0 saturated heterocycles. The lowest BCUT2D eigenvalue weighted by Crippen LogP contribution is -2.25. The maximum Gasteiger partial charge on any atom is 0.423 e. The Morgan fingerprint density at radius 1 is 0.955 bits per heavy atom. The second-order valence-corrected chi connectivity index (χ2v) is 5.29. The second-order valence-electron chi connectivity index (χ2n) is 4.85. The van der Waals surface area contributed by atoms with Crippen LogP contribution in [-0.2, 0) is 0 Å². The molecular weight excluding hydrogens is 298 g/mol. The van der Waals surface area contributed by atoms with E-state index in [1.54, 1.807) is 36.7 Å². The standard InChI is InChI=1S/C18H14ClNO2/c19-16-6-8-17(9-7-16)22-18(21)20-12-10-15(11-13-20)14-4-2-1-3-5-14/h1-13,15H. The van der Waals surface area contributed by atoms with Gasteiger partial charge in [-0.05, 0) is 29.8 Å². The van der Waals surface area contributed by atoms with Crippen LogP contribution in [0.25, 0.3) is 0 Å². The van der Waals surface area contributed by atoms with Crippen LogP contribution in [-0.4, -0.2) is 11.0 Å². The van der Waals surface area contributed by atoms with Gasteiger partial charge in [-0.1, -0.05) is 54.1 Å². The van der Waals surface area contributed by atoms with E-state index in [4.69, 9.17) is 16.3 Å². The number of carbonyl (C=O) groups excluding carboxylic acids is 1. The first-order chi connectivity index (χ1) is 10.7. The molecule has 1 heterocycles. The first kappa shape index (κ1) is 14.4. The number of benzene rings is 2. The van der Waals surface area contributed by atoms with Gasteiger partial charge in [0.05, 0.1) is 0 Å². The number of allylic oxidation sites excluding steroid dienone is 2. The fourth-order valence-corrected chi connectivity index (χ4v) is 2.29. The highest BCUT2D eigenvalue weighted by molar-refractivity contribution is 6.30. The molecule has 110 valence electrons. The minimum absolute atomic E-state index is 0.167. The zero-order valence-corrected chi connectivity index (χ0v) is 12.5. The van der Waals surface area contributed by atoms with Crippen molar-refractivity contribution in [2.45, 2.75) is 5.92 Å². The summed E-state index contributed by atoms with van der Waals surface area (Å²) in [5.74, 6) is 0.627. The first-order valence-electron chi connectivity index (χ1n) is 6.90. The Balaban J connectivity index is 1.64. The minimum Gasteiger partial charge on any atom is -0.410 e. The van der Waals surface area contributed by atoms with Crippen LogP contribution in [0.2, 0.25) is 5.02 Å². The SMILES string of the molecule is O=C(Oc1ccc(Cl)cc1)N1C=CC(c2ccccc2)C=C1. The smallest absolute Gasteiger partial charge is 0.410 e. The van der Waals surface area contributed by atoms with E-state index in [0.29, 0.717) is 10.8 Å². The topological polar surface area (TPSA) is 29.5 Å². The normalized spacial score (nSPS) is 14.1. The number of ether oxygens (including phenoxy) is 1. The molecule has 4 heteroatoms. The average molecular weight is 312 g/mol. The fraction of sp³-hybridized carbons (Fsp3) is 0.0556. The van der Waals surface area contributed by atoms with Crippen LogP contribution in [0.3, 0.4) is 0 Å². The van der Waals surface area contributed by atoms with Crippen LogP contribution in [0.4, 0.5) is 4.79 Å². The van der Waals surface area contributed by atoms with Crippen molar-refractivity contribution >= 4 is 17.7 Å². The third-order valence-corrected chi connectivity index (χ3v) is 3.57. The molecule has 0 fully saturated rings. The summed E-state index contributed by atoms with van der Waals surface area (Å²) in [6, 6.07) is 16.8. The highest BCUT2D eigenvalue weighted by atomic mass is 35.5. The van der Waals surface area contributed by atoms with Gasteiger partial charge in [0.15, 0.2) is 0 Å². The maximum atomic E-state index is 12.1.